The third-order valence-electron chi connectivity index (χ3n) is 2.91. The van der Waals surface area contributed by atoms with Crippen LogP contribution in [0, 0.1) is 5.92 Å². The van der Waals surface area contributed by atoms with Crippen LogP contribution in [0.25, 0.3) is 0 Å². The van der Waals surface area contributed by atoms with E-state index in [4.69, 9.17) is 14.6 Å². The largest absolute Gasteiger partial charge is 0.491 e. The summed E-state index contributed by atoms with van der Waals surface area (Å²) in [5.41, 5.74) is 0.678. The molecule has 0 aliphatic heterocycles. The summed E-state index contributed by atoms with van der Waals surface area (Å²) in [5, 5.41) is 17.9. The van der Waals surface area contributed by atoms with Crippen molar-refractivity contribution >= 4 is 5.97 Å². The molecule has 0 radical (unpaired) electrons. The van der Waals surface area contributed by atoms with Crippen LogP contribution >= 0.6 is 0 Å². The number of benzene rings is 1. The molecule has 5 heteroatoms. The maximum Gasteiger partial charge on any atom is 0.311 e. The van der Waals surface area contributed by atoms with Gasteiger partial charge in [0.2, 0.25) is 0 Å². The molecule has 0 aliphatic rings. The van der Waals surface area contributed by atoms with Crippen molar-refractivity contribution in [3.05, 3.63) is 29.8 Å². The smallest absolute Gasteiger partial charge is 0.311 e. The van der Waals surface area contributed by atoms with Crippen LogP contribution < -0.4 is 4.74 Å². The van der Waals surface area contributed by atoms with Crippen LogP contribution in [0.5, 0.6) is 5.75 Å². The lowest BCUT2D eigenvalue weighted by molar-refractivity contribution is -0.139. The molecule has 20 heavy (non-hydrogen) atoms. The highest BCUT2D eigenvalue weighted by atomic mass is 16.5. The molecule has 1 atom stereocenters. The standard InChI is InChI=1S/C15H22O5/c1-11(2)14(15(17)18)12-5-3-4-6-13(12)20-10-9-19-8-7-16/h3-6,11,14,16H,7-10H2,1-2H3,(H,17,18). The molecule has 0 fully saturated rings. The number of aliphatic hydroxyl groups is 1. The van der Waals surface area contributed by atoms with Crippen LogP contribution in [-0.2, 0) is 9.53 Å². The fraction of sp³-hybridized carbons (Fsp3) is 0.533. The summed E-state index contributed by atoms with van der Waals surface area (Å²) < 4.78 is 10.7. The highest BCUT2D eigenvalue weighted by Gasteiger charge is 2.26. The molecule has 0 bridgehead atoms. The van der Waals surface area contributed by atoms with Gasteiger partial charge in [0.1, 0.15) is 12.4 Å². The zero-order valence-electron chi connectivity index (χ0n) is 11.9. The van der Waals surface area contributed by atoms with Gasteiger partial charge < -0.3 is 19.7 Å². The molecular weight excluding hydrogens is 260 g/mol. The fourth-order valence-corrected chi connectivity index (χ4v) is 2.02. The van der Waals surface area contributed by atoms with E-state index in [2.05, 4.69) is 0 Å². The van der Waals surface area contributed by atoms with Crippen molar-refractivity contribution in [3.8, 4) is 5.75 Å². The van der Waals surface area contributed by atoms with Gasteiger partial charge in [-0.3, -0.25) is 4.79 Å². The minimum absolute atomic E-state index is 0.0228. The van der Waals surface area contributed by atoms with E-state index < -0.39 is 11.9 Å². The summed E-state index contributed by atoms with van der Waals surface area (Å²) in [7, 11) is 0. The van der Waals surface area contributed by atoms with E-state index in [9.17, 15) is 9.90 Å². The van der Waals surface area contributed by atoms with Gasteiger partial charge in [0, 0.05) is 5.56 Å². The van der Waals surface area contributed by atoms with Crippen LogP contribution in [0.3, 0.4) is 0 Å². The Morgan fingerprint density at radius 3 is 2.50 bits per heavy atom. The van der Waals surface area contributed by atoms with Crippen molar-refractivity contribution in [2.45, 2.75) is 19.8 Å². The van der Waals surface area contributed by atoms with E-state index >= 15 is 0 Å². The average molecular weight is 282 g/mol. The van der Waals surface area contributed by atoms with Gasteiger partial charge in [-0.05, 0) is 12.0 Å². The van der Waals surface area contributed by atoms with Crippen molar-refractivity contribution in [3.63, 3.8) is 0 Å². The lowest BCUT2D eigenvalue weighted by Gasteiger charge is -2.20. The summed E-state index contributed by atoms with van der Waals surface area (Å²) in [5.74, 6) is -0.902. The number of aliphatic carboxylic acids is 1. The third kappa shape index (κ3) is 4.83. The van der Waals surface area contributed by atoms with Gasteiger partial charge in [0.15, 0.2) is 0 Å². The second-order valence-electron chi connectivity index (χ2n) is 4.78. The molecular formula is C15H22O5. The number of carboxylic acid groups (broad SMARTS) is 1. The molecule has 112 valence electrons. The Balaban J connectivity index is 2.74. The Bertz CT molecular complexity index is 416. The predicted octanol–water partition coefficient (Wildman–Crippen LogP) is 1.90. The minimum atomic E-state index is -0.854. The summed E-state index contributed by atoms with van der Waals surface area (Å²) in [6, 6.07) is 7.16. The maximum atomic E-state index is 11.4. The number of ether oxygens (including phenoxy) is 2. The maximum absolute atomic E-state index is 11.4. The SMILES string of the molecule is CC(C)C(C(=O)O)c1ccccc1OCCOCCO. The topological polar surface area (TPSA) is 76.0 Å². The molecule has 1 aromatic rings. The van der Waals surface area contributed by atoms with Gasteiger partial charge in [-0.15, -0.1) is 0 Å². The lowest BCUT2D eigenvalue weighted by atomic mass is 9.88. The second kappa shape index (κ2) is 8.55. The van der Waals surface area contributed by atoms with Crippen molar-refractivity contribution in [1.82, 2.24) is 0 Å². The Morgan fingerprint density at radius 1 is 1.20 bits per heavy atom. The molecule has 0 saturated carbocycles. The van der Waals surface area contributed by atoms with Gasteiger partial charge in [-0.2, -0.15) is 0 Å². The Morgan fingerprint density at radius 2 is 1.90 bits per heavy atom. The molecule has 1 unspecified atom stereocenters. The van der Waals surface area contributed by atoms with Crippen LogP contribution in [-0.4, -0.2) is 42.6 Å². The van der Waals surface area contributed by atoms with Crippen LogP contribution in [0.1, 0.15) is 25.3 Å². The molecule has 0 heterocycles. The summed E-state index contributed by atoms with van der Waals surface area (Å²) in [6.45, 7) is 4.68. The first kappa shape index (κ1) is 16.5. The van der Waals surface area contributed by atoms with E-state index in [1.54, 1.807) is 12.1 Å². The quantitative estimate of drug-likeness (QED) is 0.676. The second-order valence-corrected chi connectivity index (χ2v) is 4.78. The van der Waals surface area contributed by atoms with Crippen molar-refractivity contribution < 1.29 is 24.5 Å². The number of carbonyl (C=O) groups is 1. The first-order valence-corrected chi connectivity index (χ1v) is 6.71. The molecule has 2 N–H and O–H groups in total. The minimum Gasteiger partial charge on any atom is -0.491 e. The normalized spacial score (nSPS) is 12.4. The highest BCUT2D eigenvalue weighted by Crippen LogP contribution is 2.32. The van der Waals surface area contributed by atoms with Crippen LogP contribution in [0.2, 0.25) is 0 Å². The van der Waals surface area contributed by atoms with Crippen LogP contribution in [0.15, 0.2) is 24.3 Å². The number of hydrogen-bond acceptors (Lipinski definition) is 4. The van der Waals surface area contributed by atoms with E-state index in [-0.39, 0.29) is 19.1 Å². The monoisotopic (exact) mass is 282 g/mol. The summed E-state index contributed by atoms with van der Waals surface area (Å²) in [6.07, 6.45) is 0. The van der Waals surface area contributed by atoms with E-state index in [1.165, 1.54) is 0 Å². The number of rotatable bonds is 9. The zero-order chi connectivity index (χ0) is 15.0. The molecule has 5 nitrogen and oxygen atoms in total. The Kier molecular flexibility index (Phi) is 7.04. The van der Waals surface area contributed by atoms with E-state index in [1.807, 2.05) is 26.0 Å². The van der Waals surface area contributed by atoms with Crippen molar-refractivity contribution in [1.29, 1.82) is 0 Å². The third-order valence-corrected chi connectivity index (χ3v) is 2.91. The molecule has 1 aromatic carbocycles. The predicted molar refractivity (Wildman–Crippen MR) is 75.1 cm³/mol. The average Bonchev–Trinajstić information content (AvgIpc) is 2.39. The first-order valence-electron chi connectivity index (χ1n) is 6.71. The van der Waals surface area contributed by atoms with Gasteiger partial charge in [0.05, 0.1) is 25.7 Å². The summed E-state index contributed by atoms with van der Waals surface area (Å²) in [4.78, 5) is 11.4. The number of aliphatic hydroxyl groups excluding tert-OH is 1. The molecule has 1 rings (SSSR count). The molecule has 0 amide bonds. The molecule has 0 aromatic heterocycles. The summed E-state index contributed by atoms with van der Waals surface area (Å²) >= 11 is 0. The number of hydrogen-bond donors (Lipinski definition) is 2. The lowest BCUT2D eigenvalue weighted by Crippen LogP contribution is -2.19. The van der Waals surface area contributed by atoms with Gasteiger partial charge >= 0.3 is 5.97 Å². The van der Waals surface area contributed by atoms with E-state index in [0.717, 1.165) is 0 Å². The molecule has 0 spiro atoms. The van der Waals surface area contributed by atoms with Gasteiger partial charge in [-0.25, -0.2) is 0 Å². The Hall–Kier alpha value is -1.59. The van der Waals surface area contributed by atoms with Gasteiger partial charge in [-0.1, -0.05) is 32.0 Å². The Labute approximate surface area is 119 Å². The molecule has 0 aliphatic carbocycles. The molecule has 0 saturated heterocycles. The fourth-order valence-electron chi connectivity index (χ4n) is 2.02. The van der Waals surface area contributed by atoms with E-state index in [0.29, 0.717) is 24.5 Å². The van der Waals surface area contributed by atoms with Crippen molar-refractivity contribution in [2.75, 3.05) is 26.4 Å². The van der Waals surface area contributed by atoms with Crippen LogP contribution in [0.4, 0.5) is 0 Å². The van der Waals surface area contributed by atoms with Crippen molar-refractivity contribution in [2.24, 2.45) is 5.92 Å². The highest BCUT2D eigenvalue weighted by molar-refractivity contribution is 5.77. The van der Waals surface area contributed by atoms with Gasteiger partial charge in [0.25, 0.3) is 0 Å². The zero-order valence-corrected chi connectivity index (χ0v) is 11.9. The number of para-hydroxylation sites is 1. The first-order chi connectivity index (χ1) is 9.57. The number of carboxylic acids is 1.